The number of benzene rings is 5. The Kier molecular flexibility index (Phi) is 8.56. The molecule has 0 saturated carbocycles. The predicted molar refractivity (Wildman–Crippen MR) is 195 cm³/mol. The third-order valence-corrected chi connectivity index (χ3v) is 9.23. The van der Waals surface area contributed by atoms with Gasteiger partial charge in [-0.3, -0.25) is 0 Å². The fourth-order valence-corrected chi connectivity index (χ4v) is 6.52. The van der Waals surface area contributed by atoms with E-state index >= 15 is 0 Å². The van der Waals surface area contributed by atoms with Gasteiger partial charge in [-0.1, -0.05) is 104 Å². The van der Waals surface area contributed by atoms with Crippen molar-refractivity contribution in [3.05, 3.63) is 144 Å². The number of aromatic hydroxyl groups is 1. The van der Waals surface area contributed by atoms with Gasteiger partial charge in [0.25, 0.3) is 0 Å². The number of aryl methyl sites for hydroxylation is 2. The summed E-state index contributed by atoms with van der Waals surface area (Å²) in [6.07, 6.45) is 1.92. The molecule has 5 nitrogen and oxygen atoms in total. The first-order valence-electron chi connectivity index (χ1n) is 16.2. The Bertz CT molecular complexity index is 2490. The summed E-state index contributed by atoms with van der Waals surface area (Å²) >= 11 is 0. The number of hydrogen-bond acceptors (Lipinski definition) is 4. The Labute approximate surface area is 300 Å². The maximum atomic E-state index is 11.4. The van der Waals surface area contributed by atoms with E-state index < -0.39 is 0 Å². The molecule has 0 unspecified atom stereocenters. The van der Waals surface area contributed by atoms with Crippen LogP contribution in [0.4, 0.5) is 0 Å². The summed E-state index contributed by atoms with van der Waals surface area (Å²) in [6, 6.07) is 42.8. The quantitative estimate of drug-likeness (QED) is 0.170. The van der Waals surface area contributed by atoms with Crippen LogP contribution >= 0.6 is 0 Å². The van der Waals surface area contributed by atoms with E-state index in [1.807, 2.05) is 54.7 Å². The molecule has 244 valence electrons. The fourth-order valence-electron chi connectivity index (χ4n) is 6.52. The van der Waals surface area contributed by atoms with E-state index in [9.17, 15) is 5.11 Å². The van der Waals surface area contributed by atoms with Crippen LogP contribution in [0, 0.1) is 19.9 Å². The van der Waals surface area contributed by atoms with Gasteiger partial charge < -0.3 is 14.4 Å². The molecule has 0 bridgehead atoms. The molecule has 5 aromatic carbocycles. The van der Waals surface area contributed by atoms with Crippen molar-refractivity contribution in [3.8, 4) is 45.5 Å². The maximum absolute atomic E-state index is 11.4. The first-order chi connectivity index (χ1) is 23.4. The Balaban J connectivity index is 0.00000378. The summed E-state index contributed by atoms with van der Waals surface area (Å²) in [5.41, 5.74) is 9.79. The van der Waals surface area contributed by atoms with Crippen molar-refractivity contribution < 1.29 is 30.9 Å². The van der Waals surface area contributed by atoms with Crippen LogP contribution in [0.15, 0.2) is 121 Å². The van der Waals surface area contributed by atoms with Crippen LogP contribution in [0.25, 0.3) is 60.8 Å². The molecule has 3 heterocycles. The van der Waals surface area contributed by atoms with E-state index in [2.05, 4.69) is 105 Å². The number of nitrogens with zero attached hydrogens (tertiary/aromatic N) is 3. The molecule has 8 rings (SSSR count). The summed E-state index contributed by atoms with van der Waals surface area (Å²) < 4.78 is 8.69. The zero-order valence-corrected chi connectivity index (χ0v) is 29.9. The third kappa shape index (κ3) is 5.79. The molecule has 0 aliphatic heterocycles. The van der Waals surface area contributed by atoms with Crippen LogP contribution in [-0.4, -0.2) is 19.6 Å². The number of phenols is 1. The number of rotatable bonds is 6. The van der Waals surface area contributed by atoms with E-state index in [1.165, 1.54) is 0 Å². The Morgan fingerprint density at radius 3 is 2.12 bits per heavy atom. The van der Waals surface area contributed by atoms with Crippen LogP contribution in [0.2, 0.25) is 0 Å². The van der Waals surface area contributed by atoms with Crippen molar-refractivity contribution in [2.45, 2.75) is 33.6 Å². The maximum Gasteiger partial charge on any atom is 0.217 e. The molecule has 49 heavy (non-hydrogen) atoms. The minimum absolute atomic E-state index is 0. The van der Waals surface area contributed by atoms with Crippen LogP contribution in [-0.2, 0) is 21.1 Å². The number of hydrogen-bond donors (Lipinski definition) is 1. The molecule has 3 aromatic heterocycles. The Hall–Kier alpha value is -5.25. The van der Waals surface area contributed by atoms with E-state index in [0.29, 0.717) is 17.1 Å². The van der Waals surface area contributed by atoms with Crippen molar-refractivity contribution in [3.63, 3.8) is 0 Å². The summed E-state index contributed by atoms with van der Waals surface area (Å²) in [6.45, 7) is 8.31. The number of aromatic nitrogens is 3. The molecule has 8 aromatic rings. The molecule has 0 aliphatic carbocycles. The van der Waals surface area contributed by atoms with Crippen molar-refractivity contribution in [2.24, 2.45) is 0 Å². The van der Waals surface area contributed by atoms with Crippen molar-refractivity contribution >= 4 is 32.7 Å². The number of ether oxygens (including phenoxy) is 1. The average molecular weight is 820 g/mol. The fraction of sp³-hybridized carbons (Fsp3) is 0.116. The summed E-state index contributed by atoms with van der Waals surface area (Å²) in [5.74, 6) is 2.04. The molecule has 0 fully saturated rings. The minimum atomic E-state index is 0. The Morgan fingerprint density at radius 1 is 0.714 bits per heavy atom. The van der Waals surface area contributed by atoms with Gasteiger partial charge in [-0.05, 0) is 76.2 Å². The molecule has 0 radical (unpaired) electrons. The van der Waals surface area contributed by atoms with Crippen LogP contribution in [0.5, 0.6) is 17.4 Å². The SMILES string of the molecule is Cc1cnc(-n2c3[c-]c(Oc4cc(-c5ccccc5)c5ccc(C(C)C)c(O)c5n4)ccc3c3ccc(-c4ccccc4)cc32)cc1C.[Pt]. The van der Waals surface area contributed by atoms with E-state index in [0.717, 1.165) is 72.0 Å². The Morgan fingerprint density at radius 2 is 1.41 bits per heavy atom. The second kappa shape index (κ2) is 13.0. The number of phenolic OH excluding ortho intramolecular Hbond substituents is 1. The summed E-state index contributed by atoms with van der Waals surface area (Å²) in [5, 5.41) is 14.4. The van der Waals surface area contributed by atoms with E-state index in [-0.39, 0.29) is 32.7 Å². The van der Waals surface area contributed by atoms with Crippen LogP contribution in [0.1, 0.15) is 36.5 Å². The topological polar surface area (TPSA) is 60.2 Å². The average Bonchev–Trinajstić information content (AvgIpc) is 3.43. The molecular formula is C43H34N3O2Pt-. The van der Waals surface area contributed by atoms with Crippen molar-refractivity contribution in [1.29, 1.82) is 0 Å². The van der Waals surface area contributed by atoms with E-state index in [1.54, 1.807) is 0 Å². The first-order valence-corrected chi connectivity index (χ1v) is 16.2. The van der Waals surface area contributed by atoms with E-state index in [4.69, 9.17) is 14.7 Å². The second-order valence-electron chi connectivity index (χ2n) is 12.7. The monoisotopic (exact) mass is 819 g/mol. The molecule has 0 atom stereocenters. The third-order valence-electron chi connectivity index (χ3n) is 9.23. The molecule has 6 heteroatoms. The van der Waals surface area contributed by atoms with Gasteiger partial charge in [-0.15, -0.1) is 17.5 Å². The normalized spacial score (nSPS) is 11.4. The van der Waals surface area contributed by atoms with Gasteiger partial charge in [-0.25, -0.2) is 9.97 Å². The van der Waals surface area contributed by atoms with Gasteiger partial charge in [-0.2, -0.15) is 6.07 Å². The molecule has 1 N–H and O–H groups in total. The standard InChI is InChI=1S/C43H34N3O2.Pt/c1-26(2)33-19-20-36-37(30-13-9-6-10-14-30)24-41(45-42(36)43(33)47)48-32-16-18-35-34-17-15-31(29-11-7-5-8-12-29)22-38(34)46(39(35)23-32)40-21-27(3)28(4)25-44-40;/h5-22,24-26,47H,1-4H3;/q-1;. The largest absolute Gasteiger partial charge is 0.505 e. The molecule has 0 saturated heterocycles. The predicted octanol–water partition coefficient (Wildman–Crippen LogP) is 11.1. The van der Waals surface area contributed by atoms with Gasteiger partial charge in [0.1, 0.15) is 17.1 Å². The van der Waals surface area contributed by atoms with Gasteiger partial charge >= 0.3 is 0 Å². The molecular weight excluding hydrogens is 786 g/mol. The zero-order valence-electron chi connectivity index (χ0n) is 27.6. The van der Waals surface area contributed by atoms with Crippen LogP contribution in [0.3, 0.4) is 0 Å². The summed E-state index contributed by atoms with van der Waals surface area (Å²) in [7, 11) is 0. The summed E-state index contributed by atoms with van der Waals surface area (Å²) in [4.78, 5) is 9.73. The van der Waals surface area contributed by atoms with Crippen LogP contribution < -0.4 is 4.74 Å². The zero-order chi connectivity index (χ0) is 32.9. The van der Waals surface area contributed by atoms with Crippen molar-refractivity contribution in [1.82, 2.24) is 14.5 Å². The van der Waals surface area contributed by atoms with Crippen molar-refractivity contribution in [2.75, 3.05) is 0 Å². The molecule has 0 aliphatic rings. The smallest absolute Gasteiger partial charge is 0.217 e. The number of fused-ring (bicyclic) bond motifs is 4. The first kappa shape index (κ1) is 32.3. The van der Waals surface area contributed by atoms with Gasteiger partial charge in [0.15, 0.2) is 0 Å². The second-order valence-corrected chi connectivity index (χ2v) is 12.7. The molecule has 0 spiro atoms. The minimum Gasteiger partial charge on any atom is -0.505 e. The number of pyridine rings is 2. The molecule has 0 amide bonds. The van der Waals surface area contributed by atoms with Gasteiger partial charge in [0, 0.05) is 50.0 Å². The van der Waals surface area contributed by atoms with Gasteiger partial charge in [0.2, 0.25) is 5.88 Å². The van der Waals surface area contributed by atoms with Gasteiger partial charge in [0.05, 0.1) is 0 Å².